The monoisotopic (exact) mass is 404 g/mol. The van der Waals surface area contributed by atoms with Crippen molar-refractivity contribution >= 4 is 31.8 Å². The summed E-state index contributed by atoms with van der Waals surface area (Å²) in [6.07, 6.45) is -3.12. The van der Waals surface area contributed by atoms with Gasteiger partial charge in [0.25, 0.3) is 0 Å². The molecule has 0 saturated carbocycles. The van der Waals surface area contributed by atoms with Crippen molar-refractivity contribution in [3.8, 4) is 0 Å². The van der Waals surface area contributed by atoms with Crippen LogP contribution in [0.15, 0.2) is 58.4 Å². The third-order valence-corrected chi connectivity index (χ3v) is 4.80. The molecule has 0 amide bonds. The molecular weight excluding hydrogens is 393 g/mol. The molecule has 2 rings (SSSR count). The SMILES string of the molecule is O=S(=O)(/C=C/c1ccc(C(F)(F)F)cc1)Cc1ccc(Br)cc1. The molecule has 2 aromatic carbocycles. The maximum atomic E-state index is 12.4. The lowest BCUT2D eigenvalue weighted by Gasteiger charge is -2.06. The van der Waals surface area contributed by atoms with Crippen molar-refractivity contribution in [2.75, 3.05) is 0 Å². The van der Waals surface area contributed by atoms with Crippen LogP contribution in [0.4, 0.5) is 13.2 Å². The molecule has 2 nitrogen and oxygen atoms in total. The minimum Gasteiger partial charge on any atom is -0.224 e. The number of alkyl halides is 3. The Labute approximate surface area is 140 Å². The zero-order chi connectivity index (χ0) is 17.1. The second-order valence-electron chi connectivity index (χ2n) is 4.86. The number of sulfone groups is 1. The Morgan fingerprint density at radius 3 is 2.04 bits per heavy atom. The van der Waals surface area contributed by atoms with Crippen LogP contribution in [-0.4, -0.2) is 8.42 Å². The molecule has 0 spiro atoms. The molecule has 0 aromatic heterocycles. The lowest BCUT2D eigenvalue weighted by Crippen LogP contribution is -2.04. The smallest absolute Gasteiger partial charge is 0.224 e. The van der Waals surface area contributed by atoms with Crippen molar-refractivity contribution in [3.63, 3.8) is 0 Å². The van der Waals surface area contributed by atoms with Gasteiger partial charge >= 0.3 is 6.18 Å². The molecule has 0 aliphatic rings. The van der Waals surface area contributed by atoms with E-state index in [0.717, 1.165) is 22.0 Å². The molecule has 0 radical (unpaired) electrons. The van der Waals surface area contributed by atoms with E-state index in [0.29, 0.717) is 11.1 Å². The number of benzene rings is 2. The summed E-state index contributed by atoms with van der Waals surface area (Å²) in [4.78, 5) is 0. The third-order valence-electron chi connectivity index (χ3n) is 2.99. The topological polar surface area (TPSA) is 34.1 Å². The standard InChI is InChI=1S/C16H12BrF3O2S/c17-15-7-3-13(4-8-15)11-23(21,22)10-9-12-1-5-14(6-2-12)16(18,19)20/h1-10H,11H2/b10-9+. The molecule has 0 bridgehead atoms. The van der Waals surface area contributed by atoms with E-state index in [4.69, 9.17) is 0 Å². The Balaban J connectivity index is 2.10. The largest absolute Gasteiger partial charge is 0.416 e. The molecule has 0 saturated heterocycles. The maximum Gasteiger partial charge on any atom is 0.416 e. The average Bonchev–Trinajstić information content (AvgIpc) is 2.47. The molecule has 122 valence electrons. The van der Waals surface area contributed by atoms with E-state index in [1.54, 1.807) is 24.3 Å². The fourth-order valence-corrected chi connectivity index (χ4v) is 3.21. The minimum atomic E-state index is -4.41. The van der Waals surface area contributed by atoms with Gasteiger partial charge in [0.2, 0.25) is 0 Å². The molecule has 0 heterocycles. The van der Waals surface area contributed by atoms with Gasteiger partial charge in [-0.25, -0.2) is 8.42 Å². The summed E-state index contributed by atoms with van der Waals surface area (Å²) < 4.78 is 62.2. The second kappa shape index (κ2) is 6.88. The Morgan fingerprint density at radius 2 is 1.52 bits per heavy atom. The number of halogens is 4. The van der Waals surface area contributed by atoms with Crippen molar-refractivity contribution < 1.29 is 21.6 Å². The van der Waals surface area contributed by atoms with Gasteiger partial charge in [0.15, 0.2) is 9.84 Å². The Kier molecular flexibility index (Phi) is 5.31. The van der Waals surface area contributed by atoms with Gasteiger partial charge in [-0.05, 0) is 41.5 Å². The van der Waals surface area contributed by atoms with Gasteiger partial charge in [-0.1, -0.05) is 40.2 Å². The lowest BCUT2D eigenvalue weighted by atomic mass is 10.1. The van der Waals surface area contributed by atoms with Crippen molar-refractivity contribution in [2.45, 2.75) is 11.9 Å². The Morgan fingerprint density at radius 1 is 0.957 bits per heavy atom. The highest BCUT2D eigenvalue weighted by Gasteiger charge is 2.29. The van der Waals surface area contributed by atoms with Crippen LogP contribution in [0.5, 0.6) is 0 Å². The summed E-state index contributed by atoms with van der Waals surface area (Å²) in [5.74, 6) is -0.169. The van der Waals surface area contributed by atoms with Crippen LogP contribution in [0.3, 0.4) is 0 Å². The first kappa shape index (κ1) is 17.7. The highest BCUT2D eigenvalue weighted by atomic mass is 79.9. The fourth-order valence-electron chi connectivity index (χ4n) is 1.83. The van der Waals surface area contributed by atoms with Gasteiger partial charge in [0.05, 0.1) is 11.3 Å². The zero-order valence-electron chi connectivity index (χ0n) is 11.7. The van der Waals surface area contributed by atoms with Crippen molar-refractivity contribution in [2.24, 2.45) is 0 Å². The van der Waals surface area contributed by atoms with E-state index in [1.165, 1.54) is 18.2 Å². The van der Waals surface area contributed by atoms with Gasteiger partial charge < -0.3 is 0 Å². The summed E-state index contributed by atoms with van der Waals surface area (Å²) >= 11 is 3.26. The van der Waals surface area contributed by atoms with Gasteiger partial charge in [-0.15, -0.1) is 0 Å². The third kappa shape index (κ3) is 5.51. The van der Waals surface area contributed by atoms with Crippen LogP contribution in [0, 0.1) is 0 Å². The molecule has 0 atom stereocenters. The minimum absolute atomic E-state index is 0.169. The molecule has 0 aliphatic carbocycles. The predicted octanol–water partition coefficient (Wildman–Crippen LogP) is 5.05. The molecule has 7 heteroatoms. The normalized spacial score (nSPS) is 12.7. The highest BCUT2D eigenvalue weighted by Crippen LogP contribution is 2.29. The van der Waals surface area contributed by atoms with Crippen LogP contribution in [0.25, 0.3) is 6.08 Å². The number of rotatable bonds is 4. The predicted molar refractivity (Wildman–Crippen MR) is 87.2 cm³/mol. The summed E-state index contributed by atoms with van der Waals surface area (Å²) in [7, 11) is -3.50. The van der Waals surface area contributed by atoms with Crippen molar-refractivity contribution in [1.82, 2.24) is 0 Å². The molecule has 0 unspecified atom stereocenters. The lowest BCUT2D eigenvalue weighted by molar-refractivity contribution is -0.137. The Hall–Kier alpha value is -1.60. The summed E-state index contributed by atoms with van der Waals surface area (Å²) in [5, 5.41) is 1.01. The van der Waals surface area contributed by atoms with Gasteiger partial charge in [0, 0.05) is 9.88 Å². The summed E-state index contributed by atoms with van der Waals surface area (Å²) in [5.41, 5.74) is 0.245. The molecular formula is C16H12BrF3O2S. The van der Waals surface area contributed by atoms with E-state index in [9.17, 15) is 21.6 Å². The Bertz CT molecular complexity index is 793. The number of hydrogen-bond acceptors (Lipinski definition) is 2. The van der Waals surface area contributed by atoms with Crippen molar-refractivity contribution in [1.29, 1.82) is 0 Å². The first-order valence-corrected chi connectivity index (χ1v) is 8.99. The van der Waals surface area contributed by atoms with E-state index in [2.05, 4.69) is 15.9 Å². The quantitative estimate of drug-likeness (QED) is 0.713. The molecule has 23 heavy (non-hydrogen) atoms. The fraction of sp³-hybridized carbons (Fsp3) is 0.125. The van der Waals surface area contributed by atoms with Crippen LogP contribution in [0.2, 0.25) is 0 Å². The van der Waals surface area contributed by atoms with Crippen LogP contribution < -0.4 is 0 Å². The maximum absolute atomic E-state index is 12.4. The van der Waals surface area contributed by atoms with Gasteiger partial charge in [-0.3, -0.25) is 0 Å². The molecule has 0 N–H and O–H groups in total. The summed E-state index contributed by atoms with van der Waals surface area (Å²) in [6, 6.07) is 11.2. The molecule has 2 aromatic rings. The first-order chi connectivity index (χ1) is 10.7. The van der Waals surface area contributed by atoms with Crippen LogP contribution in [-0.2, 0) is 21.8 Å². The summed E-state index contributed by atoms with van der Waals surface area (Å²) in [6.45, 7) is 0. The molecule has 0 aliphatic heterocycles. The van der Waals surface area contributed by atoms with Crippen molar-refractivity contribution in [3.05, 3.63) is 75.1 Å². The zero-order valence-corrected chi connectivity index (χ0v) is 14.1. The van der Waals surface area contributed by atoms with E-state index in [1.807, 2.05) is 0 Å². The van der Waals surface area contributed by atoms with Crippen LogP contribution in [0.1, 0.15) is 16.7 Å². The first-order valence-electron chi connectivity index (χ1n) is 6.48. The second-order valence-corrected chi connectivity index (χ2v) is 7.66. The van der Waals surface area contributed by atoms with Gasteiger partial charge in [-0.2, -0.15) is 13.2 Å². The number of hydrogen-bond donors (Lipinski definition) is 0. The van der Waals surface area contributed by atoms with E-state index in [-0.39, 0.29) is 5.75 Å². The van der Waals surface area contributed by atoms with Crippen LogP contribution >= 0.6 is 15.9 Å². The average molecular weight is 405 g/mol. The van der Waals surface area contributed by atoms with E-state index >= 15 is 0 Å². The molecule has 0 fully saturated rings. The van der Waals surface area contributed by atoms with E-state index < -0.39 is 21.6 Å². The highest BCUT2D eigenvalue weighted by molar-refractivity contribution is 9.10. The van der Waals surface area contributed by atoms with Gasteiger partial charge in [0.1, 0.15) is 0 Å².